The van der Waals surface area contributed by atoms with E-state index in [1.54, 1.807) is 0 Å². The Morgan fingerprint density at radius 3 is 1.06 bits per heavy atom. The van der Waals surface area contributed by atoms with Crippen molar-refractivity contribution in [1.29, 1.82) is 0 Å². The molecule has 18 heavy (non-hydrogen) atoms. The molecule has 0 aliphatic carbocycles. The Kier molecular flexibility index (Phi) is 35.0. The molecule has 0 N–H and O–H groups in total. The van der Waals surface area contributed by atoms with Crippen LogP contribution in [0.2, 0.25) is 0 Å². The molecule has 0 fully saturated rings. The summed E-state index contributed by atoms with van der Waals surface area (Å²) in [6.07, 6.45) is -0.922. The molecule has 0 radical (unpaired) electrons. The second kappa shape index (κ2) is 18.3. The normalized spacial score (nSPS) is 10.2. The molecule has 0 heterocycles. The summed E-state index contributed by atoms with van der Waals surface area (Å²) >= 11 is 0. The average molecular weight is 370 g/mol. The van der Waals surface area contributed by atoms with Crippen molar-refractivity contribution in [3.63, 3.8) is 0 Å². The molecule has 0 aromatic carbocycles. The summed E-state index contributed by atoms with van der Waals surface area (Å²) in [6.45, 7) is 0. The van der Waals surface area contributed by atoms with Crippen LogP contribution in [0.3, 0.4) is 0 Å². The second-order valence-corrected chi connectivity index (χ2v) is 8.35. The first-order valence-corrected chi connectivity index (χ1v) is 9.42. The van der Waals surface area contributed by atoms with Gasteiger partial charge in [-0.05, 0) is 12.3 Å². The fourth-order valence-electron chi connectivity index (χ4n) is 0.416. The van der Waals surface area contributed by atoms with Crippen LogP contribution in [-0.2, 0) is 9.13 Å². The van der Waals surface area contributed by atoms with Crippen LogP contribution in [0.15, 0.2) is 0 Å². The molecule has 0 spiro atoms. The molecule has 0 rings (SSSR count). The van der Waals surface area contributed by atoms with Crippen LogP contribution in [0.5, 0.6) is 0 Å². The van der Waals surface area contributed by atoms with Gasteiger partial charge in [0, 0.05) is 11.5 Å². The molecule has 0 atom stereocenters. The molecule has 0 saturated heterocycles. The first kappa shape index (κ1) is 34.4. The van der Waals surface area contributed by atoms with Crippen LogP contribution < -0.4 is 138 Å². The van der Waals surface area contributed by atoms with Gasteiger partial charge in [0.1, 0.15) is 0 Å². The molecule has 0 bridgehead atoms. The number of rotatable bonds is 7. The van der Waals surface area contributed by atoms with Gasteiger partial charge in [-0.15, -0.1) is 0 Å². The standard InChI is InChI=1S/C4H12O6P2S2.4Na/c5-11(6,7)1-3-13-14-4-2-12(8,9)10;;;;/h1-4H2,(H2,5,6,7)(H2,8,9,10);;;;/q;4*+1/p-4. The zero-order chi connectivity index (χ0) is 11.2. The number of hydrogen-bond donors (Lipinski definition) is 0. The SMILES string of the molecule is O=P([O-])([O-])CCSSCCP(=O)([O-])[O-].[Na+].[Na+].[Na+].[Na+]. The molecule has 0 aromatic heterocycles. The first-order chi connectivity index (χ1) is 6.21. The van der Waals surface area contributed by atoms with Crippen molar-refractivity contribution in [2.45, 2.75) is 0 Å². The molecule has 14 heteroatoms. The molecule has 0 saturated carbocycles. The van der Waals surface area contributed by atoms with E-state index in [9.17, 15) is 28.7 Å². The fourth-order valence-corrected chi connectivity index (χ4v) is 5.09. The van der Waals surface area contributed by atoms with Gasteiger partial charge < -0.3 is 28.7 Å². The molecular formula is C4H8Na4O6P2S2. The molecule has 0 amide bonds. The minimum absolute atomic E-state index is 0. The van der Waals surface area contributed by atoms with Crippen molar-refractivity contribution in [3.8, 4) is 0 Å². The van der Waals surface area contributed by atoms with Gasteiger partial charge in [-0.25, -0.2) is 0 Å². The van der Waals surface area contributed by atoms with Gasteiger partial charge in [-0.1, -0.05) is 36.8 Å². The topological polar surface area (TPSA) is 126 Å². The summed E-state index contributed by atoms with van der Waals surface area (Å²) in [4.78, 5) is 40.5. The van der Waals surface area contributed by atoms with Gasteiger partial charge in [-0.3, -0.25) is 0 Å². The third-order valence-corrected chi connectivity index (χ3v) is 5.54. The third kappa shape index (κ3) is 32.8. The van der Waals surface area contributed by atoms with Crippen molar-refractivity contribution >= 4 is 36.8 Å². The Labute approximate surface area is 203 Å². The summed E-state index contributed by atoms with van der Waals surface area (Å²) in [7, 11) is -6.79. The van der Waals surface area contributed by atoms with E-state index in [-0.39, 0.29) is 130 Å². The average Bonchev–Trinajstić information content (AvgIpc) is 1.92. The van der Waals surface area contributed by atoms with Crippen LogP contribution in [-0.4, -0.2) is 23.8 Å². The molecule has 0 aliphatic rings. The summed E-state index contributed by atoms with van der Waals surface area (Å²) in [5, 5.41) is 0. The van der Waals surface area contributed by atoms with E-state index in [1.807, 2.05) is 0 Å². The summed E-state index contributed by atoms with van der Waals surface area (Å²) < 4.78 is 20.3. The van der Waals surface area contributed by atoms with E-state index in [2.05, 4.69) is 0 Å². The maximum Gasteiger partial charge on any atom is 1.00 e. The largest absolute Gasteiger partial charge is 1.00 e. The Balaban J connectivity index is -0.000000141. The van der Waals surface area contributed by atoms with Crippen molar-refractivity contribution in [2.24, 2.45) is 0 Å². The molecular weight excluding hydrogens is 362 g/mol. The minimum atomic E-state index is -4.46. The third-order valence-electron chi connectivity index (χ3n) is 0.980. The first-order valence-electron chi connectivity index (χ1n) is 3.47. The predicted octanol–water partition coefficient (Wildman–Crippen LogP) is -13.8. The smallest absolute Gasteiger partial charge is 0.811 e. The molecule has 86 valence electrons. The van der Waals surface area contributed by atoms with Gasteiger partial charge >= 0.3 is 118 Å². The van der Waals surface area contributed by atoms with E-state index in [1.165, 1.54) is 0 Å². The Bertz CT molecular complexity index is 234. The van der Waals surface area contributed by atoms with E-state index >= 15 is 0 Å². The maximum atomic E-state index is 10.1. The van der Waals surface area contributed by atoms with E-state index in [0.717, 1.165) is 21.6 Å². The van der Waals surface area contributed by atoms with Gasteiger partial charge in [0.25, 0.3) is 0 Å². The quantitative estimate of drug-likeness (QED) is 0.187. The minimum Gasteiger partial charge on any atom is -0.811 e. The van der Waals surface area contributed by atoms with Gasteiger partial charge in [0.15, 0.2) is 0 Å². The Morgan fingerprint density at radius 1 is 0.667 bits per heavy atom. The molecule has 0 aromatic rings. The zero-order valence-electron chi connectivity index (χ0n) is 11.0. The van der Waals surface area contributed by atoms with Crippen molar-refractivity contribution in [1.82, 2.24) is 0 Å². The maximum absolute atomic E-state index is 10.1. The predicted molar refractivity (Wildman–Crippen MR) is 49.9 cm³/mol. The zero-order valence-corrected chi connectivity index (χ0v) is 22.4. The van der Waals surface area contributed by atoms with Crippen LogP contribution in [0.1, 0.15) is 0 Å². The molecule has 0 unspecified atom stereocenters. The van der Waals surface area contributed by atoms with E-state index < -0.39 is 27.5 Å². The Hall–Kier alpha value is 5.00. The molecule has 6 nitrogen and oxygen atoms in total. The Morgan fingerprint density at radius 2 is 0.889 bits per heavy atom. The van der Waals surface area contributed by atoms with E-state index in [0.29, 0.717) is 0 Å². The summed E-state index contributed by atoms with van der Waals surface area (Å²) in [5.41, 5.74) is 0. The van der Waals surface area contributed by atoms with Crippen LogP contribution in [0.25, 0.3) is 0 Å². The van der Waals surface area contributed by atoms with Crippen LogP contribution >= 0.6 is 36.8 Å². The summed E-state index contributed by atoms with van der Waals surface area (Å²) in [6, 6.07) is 0. The van der Waals surface area contributed by atoms with Crippen LogP contribution in [0.4, 0.5) is 0 Å². The molecule has 0 aliphatic heterocycles. The number of hydrogen-bond acceptors (Lipinski definition) is 8. The van der Waals surface area contributed by atoms with Crippen molar-refractivity contribution in [3.05, 3.63) is 0 Å². The van der Waals surface area contributed by atoms with Crippen molar-refractivity contribution < 1.29 is 147 Å². The van der Waals surface area contributed by atoms with Gasteiger partial charge in [0.2, 0.25) is 0 Å². The van der Waals surface area contributed by atoms with Crippen LogP contribution in [0, 0.1) is 0 Å². The summed E-state index contributed by atoms with van der Waals surface area (Å²) in [5.74, 6) is 0.216. The van der Waals surface area contributed by atoms with Gasteiger partial charge in [-0.2, -0.15) is 0 Å². The fraction of sp³-hybridized carbons (Fsp3) is 1.00. The second-order valence-electron chi connectivity index (χ2n) is 2.31. The van der Waals surface area contributed by atoms with Gasteiger partial charge in [0.05, 0.1) is 0 Å². The van der Waals surface area contributed by atoms with E-state index in [4.69, 9.17) is 0 Å². The monoisotopic (exact) mass is 370 g/mol. The van der Waals surface area contributed by atoms with Crippen molar-refractivity contribution in [2.75, 3.05) is 23.8 Å².